The lowest BCUT2D eigenvalue weighted by molar-refractivity contribution is 0.672. The molecule has 9 aromatic carbocycles. The zero-order chi connectivity index (χ0) is 29.9. The largest absolute Gasteiger partial charge is 0.455 e. The summed E-state index contributed by atoms with van der Waals surface area (Å²) in [6.07, 6.45) is 0. The molecule has 2 heteroatoms. The molecular weight excluding hydrogens is 558 g/mol. The van der Waals surface area contributed by atoms with Crippen LogP contribution in [0.3, 0.4) is 0 Å². The van der Waals surface area contributed by atoms with Crippen molar-refractivity contribution in [2.75, 3.05) is 0 Å². The van der Waals surface area contributed by atoms with Gasteiger partial charge in [-0.2, -0.15) is 0 Å². The molecule has 2 aromatic heterocycles. The summed E-state index contributed by atoms with van der Waals surface area (Å²) in [6, 6.07) is 55.2. The lowest BCUT2D eigenvalue weighted by Gasteiger charge is -2.16. The van der Waals surface area contributed by atoms with Gasteiger partial charge in [0.2, 0.25) is 0 Å². The molecule has 0 bridgehead atoms. The highest BCUT2D eigenvalue weighted by atomic mass is 16.3. The summed E-state index contributed by atoms with van der Waals surface area (Å²) in [5.41, 5.74) is 5.42. The minimum Gasteiger partial charge on any atom is -0.455 e. The molecule has 46 heavy (non-hydrogen) atoms. The molecule has 0 unspecified atom stereocenters. The maximum absolute atomic E-state index is 6.52. The Morgan fingerprint density at radius 2 is 0.957 bits per heavy atom. The van der Waals surface area contributed by atoms with Gasteiger partial charge in [-0.1, -0.05) is 121 Å². The number of rotatable bonds is 1. The number of aromatic nitrogens is 1. The van der Waals surface area contributed by atoms with Crippen molar-refractivity contribution in [1.29, 1.82) is 0 Å². The maximum atomic E-state index is 6.52. The van der Waals surface area contributed by atoms with Crippen LogP contribution in [0.15, 0.2) is 156 Å². The molecule has 0 spiro atoms. The second kappa shape index (κ2) is 8.74. The third-order valence-corrected chi connectivity index (χ3v) is 10.1. The minimum absolute atomic E-state index is 0.906. The summed E-state index contributed by atoms with van der Waals surface area (Å²) in [5.74, 6) is 0. The minimum atomic E-state index is 0.906. The Balaban J connectivity index is 1.38. The molecule has 0 aliphatic rings. The van der Waals surface area contributed by atoms with Gasteiger partial charge in [0, 0.05) is 43.4 Å². The SMILES string of the molecule is c1ccc2c(c1)ccc1c3cc(-n4c5ccccc5c5c6c7ccccc7c7ccccc7c6c6ccccc6c54)ccc3oc21. The first-order valence-corrected chi connectivity index (χ1v) is 15.9. The summed E-state index contributed by atoms with van der Waals surface area (Å²) >= 11 is 0. The third-order valence-electron chi connectivity index (χ3n) is 10.1. The monoisotopic (exact) mass is 583 g/mol. The van der Waals surface area contributed by atoms with E-state index in [0.717, 1.165) is 33.0 Å². The van der Waals surface area contributed by atoms with Crippen molar-refractivity contribution in [2.45, 2.75) is 0 Å². The number of hydrogen-bond donors (Lipinski definition) is 0. The standard InChI is InChI=1S/C44H25NO/c1-2-12-28-26(11-1)21-23-35-37-25-27(22-24-39(37)46-44(28)35)45-38-20-10-9-19-36(38)42-41-32-16-6-4-14-30(32)29-13-3-5-15-31(29)40(41)33-17-7-8-18-34(33)43(42)45/h1-25H. The quantitative estimate of drug-likeness (QED) is 0.176. The number of para-hydroxylation sites is 1. The molecule has 0 aliphatic heterocycles. The van der Waals surface area contributed by atoms with E-state index in [0.29, 0.717) is 0 Å². The van der Waals surface area contributed by atoms with Gasteiger partial charge in [-0.15, -0.1) is 0 Å². The molecule has 2 heterocycles. The fraction of sp³-hybridized carbons (Fsp3) is 0. The van der Waals surface area contributed by atoms with Gasteiger partial charge in [-0.3, -0.25) is 0 Å². The van der Waals surface area contributed by atoms with Gasteiger partial charge in [0.1, 0.15) is 11.2 Å². The van der Waals surface area contributed by atoms with Crippen molar-refractivity contribution in [3.8, 4) is 5.69 Å². The van der Waals surface area contributed by atoms with Gasteiger partial charge in [-0.05, 0) is 68.0 Å². The smallest absolute Gasteiger partial charge is 0.143 e. The third kappa shape index (κ3) is 3.01. The van der Waals surface area contributed by atoms with E-state index in [1.807, 2.05) is 0 Å². The second-order valence-electron chi connectivity index (χ2n) is 12.4. The fourth-order valence-electron chi connectivity index (χ4n) is 8.24. The van der Waals surface area contributed by atoms with Crippen LogP contribution in [-0.4, -0.2) is 4.57 Å². The normalized spacial score (nSPS) is 12.3. The van der Waals surface area contributed by atoms with Crippen LogP contribution in [0.25, 0.3) is 103 Å². The van der Waals surface area contributed by atoms with Crippen molar-refractivity contribution in [1.82, 2.24) is 4.57 Å². The van der Waals surface area contributed by atoms with E-state index in [-0.39, 0.29) is 0 Å². The predicted octanol–water partition coefficient (Wildman–Crippen LogP) is 12.4. The predicted molar refractivity (Wildman–Crippen MR) is 196 cm³/mol. The van der Waals surface area contributed by atoms with Crippen LogP contribution in [-0.2, 0) is 0 Å². The van der Waals surface area contributed by atoms with E-state index < -0.39 is 0 Å². The number of fused-ring (bicyclic) bond motifs is 18. The highest BCUT2D eigenvalue weighted by Crippen LogP contribution is 2.48. The number of benzene rings is 9. The van der Waals surface area contributed by atoms with Crippen LogP contribution in [0.5, 0.6) is 0 Å². The first-order valence-electron chi connectivity index (χ1n) is 15.9. The van der Waals surface area contributed by atoms with Gasteiger partial charge in [0.15, 0.2) is 0 Å². The first-order chi connectivity index (χ1) is 22.8. The molecule has 0 radical (unpaired) electrons. The molecule has 0 atom stereocenters. The average molecular weight is 584 g/mol. The van der Waals surface area contributed by atoms with Gasteiger partial charge in [0.05, 0.1) is 11.0 Å². The van der Waals surface area contributed by atoms with Crippen molar-refractivity contribution in [3.05, 3.63) is 152 Å². The maximum Gasteiger partial charge on any atom is 0.143 e. The molecular formula is C44H25NO. The van der Waals surface area contributed by atoms with Gasteiger partial charge < -0.3 is 8.98 Å². The second-order valence-corrected chi connectivity index (χ2v) is 12.4. The fourth-order valence-corrected chi connectivity index (χ4v) is 8.24. The molecule has 2 nitrogen and oxygen atoms in total. The first kappa shape index (κ1) is 24.2. The van der Waals surface area contributed by atoms with Gasteiger partial charge in [-0.25, -0.2) is 0 Å². The number of furan rings is 1. The van der Waals surface area contributed by atoms with E-state index in [2.05, 4.69) is 156 Å². The Labute approximate surface area is 263 Å². The van der Waals surface area contributed by atoms with E-state index in [1.165, 1.54) is 70.3 Å². The van der Waals surface area contributed by atoms with Crippen LogP contribution in [0.2, 0.25) is 0 Å². The Hall–Kier alpha value is -6.12. The van der Waals surface area contributed by atoms with Crippen molar-refractivity contribution >= 4 is 97.6 Å². The summed E-state index contributed by atoms with van der Waals surface area (Å²) in [4.78, 5) is 0. The molecule has 212 valence electrons. The lowest BCUT2D eigenvalue weighted by atomic mass is 9.88. The van der Waals surface area contributed by atoms with Crippen molar-refractivity contribution in [3.63, 3.8) is 0 Å². The summed E-state index contributed by atoms with van der Waals surface area (Å²) in [7, 11) is 0. The van der Waals surface area contributed by atoms with Crippen molar-refractivity contribution < 1.29 is 4.42 Å². The lowest BCUT2D eigenvalue weighted by Crippen LogP contribution is -1.95. The summed E-state index contributed by atoms with van der Waals surface area (Å²) in [6.45, 7) is 0. The highest BCUT2D eigenvalue weighted by Gasteiger charge is 2.22. The molecule has 0 saturated heterocycles. The zero-order valence-electron chi connectivity index (χ0n) is 24.8. The highest BCUT2D eigenvalue weighted by molar-refractivity contribution is 6.42. The Bertz CT molecular complexity index is 3080. The van der Waals surface area contributed by atoms with Crippen molar-refractivity contribution in [2.24, 2.45) is 0 Å². The van der Waals surface area contributed by atoms with Gasteiger partial charge in [0.25, 0.3) is 0 Å². The Morgan fingerprint density at radius 3 is 1.72 bits per heavy atom. The van der Waals surface area contributed by atoms with Gasteiger partial charge >= 0.3 is 0 Å². The topological polar surface area (TPSA) is 18.1 Å². The van der Waals surface area contributed by atoms with Crippen LogP contribution in [0, 0.1) is 0 Å². The zero-order valence-corrected chi connectivity index (χ0v) is 24.8. The summed E-state index contributed by atoms with van der Waals surface area (Å²) in [5, 5.41) is 17.5. The Morgan fingerprint density at radius 1 is 0.370 bits per heavy atom. The van der Waals surface area contributed by atoms with E-state index in [4.69, 9.17) is 4.42 Å². The molecule has 0 fully saturated rings. The molecule has 0 amide bonds. The Kier molecular flexibility index (Phi) is 4.61. The van der Waals surface area contributed by atoms with E-state index in [1.54, 1.807) is 0 Å². The molecule has 11 rings (SSSR count). The number of hydrogen-bond acceptors (Lipinski definition) is 1. The van der Waals surface area contributed by atoms with Crippen LogP contribution in [0.1, 0.15) is 0 Å². The van der Waals surface area contributed by atoms with E-state index in [9.17, 15) is 0 Å². The molecule has 0 saturated carbocycles. The molecule has 11 aromatic rings. The summed E-state index contributed by atoms with van der Waals surface area (Å²) < 4.78 is 9.00. The van der Waals surface area contributed by atoms with Crippen LogP contribution in [0.4, 0.5) is 0 Å². The molecule has 0 aliphatic carbocycles. The number of nitrogens with zero attached hydrogens (tertiary/aromatic N) is 1. The van der Waals surface area contributed by atoms with E-state index >= 15 is 0 Å². The van der Waals surface area contributed by atoms with Crippen LogP contribution >= 0.6 is 0 Å². The average Bonchev–Trinajstić information content (AvgIpc) is 3.68. The molecule has 0 N–H and O–H groups in total. The van der Waals surface area contributed by atoms with Crippen LogP contribution < -0.4 is 0 Å².